The molecule has 0 spiro atoms. The number of hydrogen-bond donors (Lipinski definition) is 1. The van der Waals surface area contributed by atoms with Crippen LogP contribution in [-0.4, -0.2) is 32.7 Å². The lowest BCUT2D eigenvalue weighted by Crippen LogP contribution is -2.23. The van der Waals surface area contributed by atoms with E-state index in [0.717, 1.165) is 0 Å². The van der Waals surface area contributed by atoms with E-state index in [-0.39, 0.29) is 12.7 Å². The molecule has 1 amide bonds. The Bertz CT molecular complexity index is 1000. The third-order valence-corrected chi connectivity index (χ3v) is 5.14. The fraction of sp³-hybridized carbons (Fsp3) is 0.211. The van der Waals surface area contributed by atoms with E-state index in [9.17, 15) is 4.79 Å². The molecule has 1 N–H and O–H groups in total. The molecule has 3 aromatic rings. The summed E-state index contributed by atoms with van der Waals surface area (Å²) in [6.07, 6.45) is 3.33. The number of thioether (sulfide) groups is 1. The standard InChI is InChI=1S/C19H18N4O4S/c1-3-8-23-17(15-5-4-9-25-15)21-22-19(23)28-12(2)18(24)20-13-6-7-14-16(10-13)27-11-26-14/h3-7,9-10,12H,1,8,11H2,2H3,(H,20,24)/t12-/m1/s1. The fourth-order valence-corrected chi connectivity index (χ4v) is 3.55. The van der Waals surface area contributed by atoms with Crippen LogP contribution in [0, 0.1) is 0 Å². The number of allylic oxidation sites excluding steroid dienone is 1. The highest BCUT2D eigenvalue weighted by molar-refractivity contribution is 8.00. The van der Waals surface area contributed by atoms with Gasteiger partial charge in [-0.25, -0.2) is 0 Å². The normalized spacial score (nSPS) is 13.3. The minimum atomic E-state index is -0.400. The summed E-state index contributed by atoms with van der Waals surface area (Å²) in [5.41, 5.74) is 0.644. The molecule has 0 bridgehead atoms. The summed E-state index contributed by atoms with van der Waals surface area (Å²) in [5.74, 6) is 2.33. The number of ether oxygens (including phenoxy) is 2. The van der Waals surface area contributed by atoms with E-state index in [1.165, 1.54) is 11.8 Å². The van der Waals surface area contributed by atoms with Crippen molar-refractivity contribution in [3.05, 3.63) is 49.2 Å². The second kappa shape index (κ2) is 7.81. The van der Waals surface area contributed by atoms with Crippen molar-refractivity contribution in [3.8, 4) is 23.1 Å². The molecule has 0 unspecified atom stereocenters. The van der Waals surface area contributed by atoms with Gasteiger partial charge in [-0.1, -0.05) is 17.8 Å². The number of nitrogens with zero attached hydrogens (tertiary/aromatic N) is 3. The summed E-state index contributed by atoms with van der Waals surface area (Å²) in [7, 11) is 0. The molecule has 28 heavy (non-hydrogen) atoms. The first-order valence-corrected chi connectivity index (χ1v) is 9.49. The Kier molecular flexibility index (Phi) is 5.07. The van der Waals surface area contributed by atoms with E-state index in [0.29, 0.717) is 40.5 Å². The first-order chi connectivity index (χ1) is 13.7. The molecule has 1 atom stereocenters. The predicted molar refractivity (Wildman–Crippen MR) is 104 cm³/mol. The quantitative estimate of drug-likeness (QED) is 0.480. The molecule has 1 aliphatic heterocycles. The molecule has 0 radical (unpaired) electrons. The molecular formula is C19H18N4O4S. The third-order valence-electron chi connectivity index (χ3n) is 4.06. The van der Waals surface area contributed by atoms with E-state index in [1.807, 2.05) is 17.6 Å². The molecule has 0 saturated carbocycles. The van der Waals surface area contributed by atoms with Crippen LogP contribution in [0.3, 0.4) is 0 Å². The van der Waals surface area contributed by atoms with Gasteiger partial charge in [0.05, 0.1) is 11.5 Å². The molecule has 2 aromatic heterocycles. The number of hydrogen-bond acceptors (Lipinski definition) is 7. The van der Waals surface area contributed by atoms with Crippen LogP contribution in [0.5, 0.6) is 11.5 Å². The molecule has 0 saturated heterocycles. The number of carbonyl (C=O) groups excluding carboxylic acids is 1. The topological polar surface area (TPSA) is 91.4 Å². The van der Waals surface area contributed by atoms with E-state index in [1.54, 1.807) is 36.6 Å². The molecule has 4 rings (SSSR count). The SMILES string of the molecule is C=CCn1c(S[C@H](C)C(=O)Nc2ccc3c(c2)OCO3)nnc1-c1ccco1. The minimum absolute atomic E-state index is 0.156. The van der Waals surface area contributed by atoms with Gasteiger partial charge in [0.15, 0.2) is 22.4 Å². The second-order valence-electron chi connectivity index (χ2n) is 6.00. The Hall–Kier alpha value is -3.20. The summed E-state index contributed by atoms with van der Waals surface area (Å²) >= 11 is 1.31. The number of carbonyl (C=O) groups is 1. The molecular weight excluding hydrogens is 380 g/mol. The molecule has 0 aliphatic carbocycles. The van der Waals surface area contributed by atoms with Gasteiger partial charge in [0.25, 0.3) is 0 Å². The van der Waals surface area contributed by atoms with Gasteiger partial charge >= 0.3 is 0 Å². The number of fused-ring (bicyclic) bond motifs is 1. The maximum absolute atomic E-state index is 12.6. The lowest BCUT2D eigenvalue weighted by Gasteiger charge is -2.13. The van der Waals surface area contributed by atoms with Crippen LogP contribution in [0.4, 0.5) is 5.69 Å². The third kappa shape index (κ3) is 3.61. The largest absolute Gasteiger partial charge is 0.461 e. The smallest absolute Gasteiger partial charge is 0.237 e. The van der Waals surface area contributed by atoms with Gasteiger partial charge in [-0.3, -0.25) is 9.36 Å². The molecule has 9 heteroatoms. The van der Waals surface area contributed by atoms with Crippen LogP contribution in [0.25, 0.3) is 11.6 Å². The van der Waals surface area contributed by atoms with Crippen LogP contribution >= 0.6 is 11.8 Å². The maximum Gasteiger partial charge on any atom is 0.237 e. The van der Waals surface area contributed by atoms with E-state index in [2.05, 4.69) is 22.1 Å². The van der Waals surface area contributed by atoms with Gasteiger partial charge in [-0.05, 0) is 31.2 Å². The molecule has 1 aromatic carbocycles. The Balaban J connectivity index is 1.47. The summed E-state index contributed by atoms with van der Waals surface area (Å²) in [5, 5.41) is 11.5. The Morgan fingerprint density at radius 2 is 2.21 bits per heavy atom. The van der Waals surface area contributed by atoms with Crippen molar-refractivity contribution in [1.82, 2.24) is 14.8 Å². The summed E-state index contributed by atoms with van der Waals surface area (Å²) in [6.45, 7) is 6.28. The predicted octanol–water partition coefficient (Wildman–Crippen LogP) is 3.57. The number of amides is 1. The van der Waals surface area contributed by atoms with Gasteiger partial charge in [0, 0.05) is 18.3 Å². The Morgan fingerprint density at radius 1 is 1.36 bits per heavy atom. The second-order valence-corrected chi connectivity index (χ2v) is 7.31. The van der Waals surface area contributed by atoms with Crippen molar-refractivity contribution in [3.63, 3.8) is 0 Å². The molecule has 144 valence electrons. The van der Waals surface area contributed by atoms with Gasteiger partial charge in [-0.2, -0.15) is 0 Å². The van der Waals surface area contributed by atoms with Crippen LogP contribution in [0.1, 0.15) is 6.92 Å². The van der Waals surface area contributed by atoms with Crippen molar-refractivity contribution in [1.29, 1.82) is 0 Å². The zero-order valence-electron chi connectivity index (χ0n) is 15.1. The highest BCUT2D eigenvalue weighted by atomic mass is 32.2. The lowest BCUT2D eigenvalue weighted by atomic mass is 10.2. The number of nitrogens with one attached hydrogen (secondary N) is 1. The maximum atomic E-state index is 12.6. The van der Waals surface area contributed by atoms with E-state index in [4.69, 9.17) is 13.9 Å². The average Bonchev–Trinajstić information content (AvgIpc) is 3.42. The van der Waals surface area contributed by atoms with Crippen molar-refractivity contribution in [2.45, 2.75) is 23.9 Å². The number of benzene rings is 1. The number of anilines is 1. The summed E-state index contributed by atoms with van der Waals surface area (Å²) in [6, 6.07) is 8.89. The average molecular weight is 398 g/mol. The number of aromatic nitrogens is 3. The Morgan fingerprint density at radius 3 is 3.00 bits per heavy atom. The first-order valence-electron chi connectivity index (χ1n) is 8.61. The van der Waals surface area contributed by atoms with Gasteiger partial charge in [0.2, 0.25) is 18.5 Å². The van der Waals surface area contributed by atoms with Gasteiger partial charge in [0.1, 0.15) is 0 Å². The molecule has 1 aliphatic rings. The fourth-order valence-electron chi connectivity index (χ4n) is 2.69. The molecule has 0 fully saturated rings. The number of furan rings is 1. The van der Waals surface area contributed by atoms with Crippen LogP contribution in [0.15, 0.2) is 58.8 Å². The van der Waals surface area contributed by atoms with Gasteiger partial charge < -0.3 is 19.2 Å². The van der Waals surface area contributed by atoms with Crippen molar-refractivity contribution < 1.29 is 18.7 Å². The zero-order chi connectivity index (χ0) is 19.5. The van der Waals surface area contributed by atoms with Crippen LogP contribution in [0.2, 0.25) is 0 Å². The monoisotopic (exact) mass is 398 g/mol. The lowest BCUT2D eigenvalue weighted by molar-refractivity contribution is -0.115. The van der Waals surface area contributed by atoms with Crippen molar-refractivity contribution in [2.75, 3.05) is 12.1 Å². The minimum Gasteiger partial charge on any atom is -0.461 e. The van der Waals surface area contributed by atoms with E-state index >= 15 is 0 Å². The highest BCUT2D eigenvalue weighted by Gasteiger charge is 2.22. The van der Waals surface area contributed by atoms with Crippen molar-refractivity contribution in [2.24, 2.45) is 0 Å². The van der Waals surface area contributed by atoms with Crippen LogP contribution in [-0.2, 0) is 11.3 Å². The van der Waals surface area contributed by atoms with Gasteiger partial charge in [-0.15, -0.1) is 16.8 Å². The highest BCUT2D eigenvalue weighted by Crippen LogP contribution is 2.34. The Labute approximate surface area is 165 Å². The molecule has 8 nitrogen and oxygen atoms in total. The zero-order valence-corrected chi connectivity index (χ0v) is 15.9. The number of rotatable bonds is 7. The van der Waals surface area contributed by atoms with E-state index < -0.39 is 5.25 Å². The van der Waals surface area contributed by atoms with Crippen molar-refractivity contribution >= 4 is 23.4 Å². The molecule has 3 heterocycles. The summed E-state index contributed by atoms with van der Waals surface area (Å²) < 4.78 is 17.9. The summed E-state index contributed by atoms with van der Waals surface area (Å²) in [4.78, 5) is 12.6. The first kappa shape index (κ1) is 18.2. The van der Waals surface area contributed by atoms with Crippen LogP contribution < -0.4 is 14.8 Å².